The largest absolute Gasteiger partial charge is 0.497 e. The van der Waals surface area contributed by atoms with Crippen molar-refractivity contribution < 1.29 is 32.2 Å². The lowest BCUT2D eigenvalue weighted by molar-refractivity contribution is -0.119. The second-order valence-corrected chi connectivity index (χ2v) is 10.7. The van der Waals surface area contributed by atoms with E-state index in [1.54, 1.807) is 48.5 Å². The van der Waals surface area contributed by atoms with Crippen molar-refractivity contribution in [3.63, 3.8) is 0 Å². The molecule has 0 saturated heterocycles. The van der Waals surface area contributed by atoms with E-state index in [1.165, 1.54) is 45.7 Å². The van der Waals surface area contributed by atoms with Crippen molar-refractivity contribution in [2.45, 2.75) is 11.5 Å². The third-order valence-electron chi connectivity index (χ3n) is 6.10. The molecule has 11 heteroatoms. The molecule has 4 aromatic carbocycles. The summed E-state index contributed by atoms with van der Waals surface area (Å²) in [6.07, 6.45) is 1.42. The molecule has 0 bridgehead atoms. The van der Waals surface area contributed by atoms with Crippen LogP contribution in [0.2, 0.25) is 0 Å². The molecule has 42 heavy (non-hydrogen) atoms. The third kappa shape index (κ3) is 7.38. The summed E-state index contributed by atoms with van der Waals surface area (Å²) < 4.78 is 50.2. The Morgan fingerprint density at radius 2 is 1.50 bits per heavy atom. The monoisotopic (exact) mass is 589 g/mol. The highest BCUT2D eigenvalue weighted by atomic mass is 32.2. The Bertz CT molecular complexity index is 1630. The van der Waals surface area contributed by atoms with Gasteiger partial charge in [0.25, 0.3) is 15.9 Å². The molecule has 1 amide bonds. The van der Waals surface area contributed by atoms with Crippen LogP contribution < -0.4 is 28.7 Å². The summed E-state index contributed by atoms with van der Waals surface area (Å²) in [5.74, 6) is 1.06. The van der Waals surface area contributed by atoms with Crippen molar-refractivity contribution in [1.29, 1.82) is 0 Å². The van der Waals surface area contributed by atoms with E-state index in [9.17, 15) is 13.2 Å². The predicted molar refractivity (Wildman–Crippen MR) is 160 cm³/mol. The van der Waals surface area contributed by atoms with Gasteiger partial charge in [0, 0.05) is 6.07 Å². The van der Waals surface area contributed by atoms with Gasteiger partial charge in [0.2, 0.25) is 0 Å². The molecular formula is C31H31N3O7S. The first kappa shape index (κ1) is 29.9. The topological polar surface area (TPSA) is 116 Å². The molecule has 0 aliphatic carbocycles. The normalized spacial score (nSPS) is 11.1. The Morgan fingerprint density at radius 1 is 0.810 bits per heavy atom. The first-order chi connectivity index (χ1) is 20.3. The third-order valence-corrected chi connectivity index (χ3v) is 7.88. The van der Waals surface area contributed by atoms with Gasteiger partial charge >= 0.3 is 0 Å². The minimum Gasteiger partial charge on any atom is -0.497 e. The molecule has 4 rings (SSSR count). The average molecular weight is 590 g/mol. The summed E-state index contributed by atoms with van der Waals surface area (Å²) in [7, 11) is 0.272. The Balaban J connectivity index is 1.50. The minimum atomic E-state index is -4.15. The lowest BCUT2D eigenvalue weighted by Crippen LogP contribution is -2.39. The number of ether oxygens (including phenoxy) is 4. The molecule has 0 aliphatic heterocycles. The number of amides is 1. The Hall–Kier alpha value is -5.03. The maximum absolute atomic E-state index is 13.6. The van der Waals surface area contributed by atoms with Crippen LogP contribution in [0.1, 0.15) is 11.1 Å². The number of nitrogens with one attached hydrogen (secondary N) is 1. The zero-order chi connectivity index (χ0) is 30.0. The second-order valence-electron chi connectivity index (χ2n) is 8.84. The quantitative estimate of drug-likeness (QED) is 0.179. The Kier molecular flexibility index (Phi) is 10.0. The van der Waals surface area contributed by atoms with E-state index in [0.717, 1.165) is 9.87 Å². The number of anilines is 1. The number of methoxy groups -OCH3 is 3. The number of carbonyl (C=O) groups excluding carboxylic acids is 1. The van der Waals surface area contributed by atoms with E-state index >= 15 is 0 Å². The molecule has 10 nitrogen and oxygen atoms in total. The average Bonchev–Trinajstić information content (AvgIpc) is 3.03. The molecule has 0 atom stereocenters. The summed E-state index contributed by atoms with van der Waals surface area (Å²) in [5, 5.41) is 4.02. The van der Waals surface area contributed by atoms with Gasteiger partial charge in [0.05, 0.1) is 38.1 Å². The van der Waals surface area contributed by atoms with Gasteiger partial charge in [-0.15, -0.1) is 0 Å². The van der Waals surface area contributed by atoms with Crippen molar-refractivity contribution >= 4 is 27.8 Å². The van der Waals surface area contributed by atoms with Crippen molar-refractivity contribution in [3.8, 4) is 23.0 Å². The number of benzene rings is 4. The van der Waals surface area contributed by atoms with Crippen LogP contribution in [0.5, 0.6) is 23.0 Å². The van der Waals surface area contributed by atoms with Crippen molar-refractivity contribution in [3.05, 3.63) is 108 Å². The number of hydrogen-bond donors (Lipinski definition) is 1. The van der Waals surface area contributed by atoms with Crippen LogP contribution in [0.15, 0.2) is 107 Å². The van der Waals surface area contributed by atoms with Gasteiger partial charge in [-0.25, -0.2) is 13.8 Å². The summed E-state index contributed by atoms with van der Waals surface area (Å²) in [5.41, 5.74) is 4.21. The molecule has 0 radical (unpaired) electrons. The van der Waals surface area contributed by atoms with Gasteiger partial charge in [-0.2, -0.15) is 5.10 Å². The van der Waals surface area contributed by atoms with Gasteiger partial charge in [-0.3, -0.25) is 9.10 Å². The number of rotatable bonds is 13. The van der Waals surface area contributed by atoms with Crippen molar-refractivity contribution in [2.75, 3.05) is 32.2 Å². The fraction of sp³-hybridized carbons (Fsp3) is 0.161. The molecule has 0 fully saturated rings. The molecule has 0 saturated carbocycles. The first-order valence-electron chi connectivity index (χ1n) is 12.8. The van der Waals surface area contributed by atoms with E-state index in [2.05, 4.69) is 10.5 Å². The summed E-state index contributed by atoms with van der Waals surface area (Å²) in [6.45, 7) is -0.186. The summed E-state index contributed by atoms with van der Waals surface area (Å²) in [4.78, 5) is 13.0. The predicted octanol–water partition coefficient (Wildman–Crippen LogP) is 4.64. The molecule has 0 heterocycles. The van der Waals surface area contributed by atoms with E-state index in [1.807, 2.05) is 30.3 Å². The fourth-order valence-corrected chi connectivity index (χ4v) is 5.43. The number of nitrogens with zero attached hydrogens (tertiary/aromatic N) is 2. The SMILES string of the molecule is COc1ccc(N(CC(=O)N/N=C/c2ccc(OCc3ccccc3)c(OC)c2)S(=O)(=O)c2ccccc2)c(OC)c1. The first-order valence-corrected chi connectivity index (χ1v) is 14.3. The highest BCUT2D eigenvalue weighted by Crippen LogP contribution is 2.35. The van der Waals surface area contributed by atoms with Crippen LogP contribution in [0.4, 0.5) is 5.69 Å². The van der Waals surface area contributed by atoms with Gasteiger partial charge in [-0.1, -0.05) is 48.5 Å². The van der Waals surface area contributed by atoms with Crippen LogP contribution in [0.25, 0.3) is 0 Å². The highest BCUT2D eigenvalue weighted by molar-refractivity contribution is 7.92. The number of hydrazone groups is 1. The summed E-state index contributed by atoms with van der Waals surface area (Å²) >= 11 is 0. The van der Waals surface area contributed by atoms with Crippen LogP contribution in [-0.2, 0) is 21.4 Å². The standard InChI is InChI=1S/C31H31N3O7S/c1-38-25-15-16-27(29(19-25)39-2)34(42(36,37)26-12-8-5-9-13-26)21-31(35)33-32-20-24-14-17-28(30(18-24)40-3)41-22-23-10-6-4-7-11-23/h4-20H,21-22H2,1-3H3,(H,33,35)/b32-20+. The van der Waals surface area contributed by atoms with E-state index < -0.39 is 22.5 Å². The zero-order valence-electron chi connectivity index (χ0n) is 23.4. The smallest absolute Gasteiger partial charge is 0.264 e. The van der Waals surface area contributed by atoms with Crippen LogP contribution in [-0.4, -0.2) is 48.4 Å². The number of sulfonamides is 1. The maximum atomic E-state index is 13.6. The van der Waals surface area contributed by atoms with Gasteiger partial charge in [0.15, 0.2) is 11.5 Å². The van der Waals surface area contributed by atoms with E-state index in [-0.39, 0.29) is 16.3 Å². The second kappa shape index (κ2) is 14.0. The minimum absolute atomic E-state index is 0.0147. The summed E-state index contributed by atoms with van der Waals surface area (Å²) in [6, 6.07) is 27.4. The van der Waals surface area contributed by atoms with Crippen LogP contribution >= 0.6 is 0 Å². The molecule has 218 valence electrons. The van der Waals surface area contributed by atoms with Gasteiger partial charge in [-0.05, 0) is 53.6 Å². The molecule has 4 aromatic rings. The van der Waals surface area contributed by atoms with Crippen LogP contribution in [0.3, 0.4) is 0 Å². The molecule has 0 unspecified atom stereocenters. The lowest BCUT2D eigenvalue weighted by Gasteiger charge is -2.25. The molecule has 0 spiro atoms. The number of hydrogen-bond acceptors (Lipinski definition) is 8. The van der Waals surface area contributed by atoms with Gasteiger partial charge < -0.3 is 18.9 Å². The highest BCUT2D eigenvalue weighted by Gasteiger charge is 2.29. The fourth-order valence-electron chi connectivity index (χ4n) is 3.97. The van der Waals surface area contributed by atoms with Crippen molar-refractivity contribution in [2.24, 2.45) is 5.10 Å². The van der Waals surface area contributed by atoms with E-state index in [4.69, 9.17) is 18.9 Å². The Labute approximate surface area is 245 Å². The molecule has 0 aromatic heterocycles. The number of carbonyl (C=O) groups is 1. The van der Waals surface area contributed by atoms with Crippen molar-refractivity contribution in [1.82, 2.24) is 5.43 Å². The molecule has 0 aliphatic rings. The van der Waals surface area contributed by atoms with Gasteiger partial charge in [0.1, 0.15) is 24.7 Å². The lowest BCUT2D eigenvalue weighted by atomic mass is 10.2. The molecule has 1 N–H and O–H groups in total. The Morgan fingerprint density at radius 3 is 2.17 bits per heavy atom. The molecular weight excluding hydrogens is 558 g/mol. The zero-order valence-corrected chi connectivity index (χ0v) is 24.2. The van der Waals surface area contributed by atoms with E-state index in [0.29, 0.717) is 29.4 Å². The maximum Gasteiger partial charge on any atom is 0.264 e. The van der Waals surface area contributed by atoms with Crippen LogP contribution in [0, 0.1) is 0 Å².